The normalized spacial score (nSPS) is 13.3. The van der Waals surface area contributed by atoms with Gasteiger partial charge in [-0.25, -0.2) is 4.79 Å². The van der Waals surface area contributed by atoms with E-state index in [0.717, 1.165) is 24.1 Å². The van der Waals surface area contributed by atoms with Crippen molar-refractivity contribution in [3.63, 3.8) is 0 Å². The number of carbonyl (C=O) groups is 1. The number of aryl methyl sites for hydroxylation is 1. The Kier molecular flexibility index (Phi) is 4.71. The van der Waals surface area contributed by atoms with Crippen molar-refractivity contribution >= 4 is 17.9 Å². The van der Waals surface area contributed by atoms with E-state index in [1.165, 1.54) is 6.08 Å². The molecule has 5 heteroatoms. The Morgan fingerprint density at radius 1 is 1.30 bits per heavy atom. The standard InChI is InChI=1S/C18H19N3O2/c1-18(2,3)23-17(22)21-9-5-8-14-6-4-7-15(16(14)21)10-13(11-19)12-20/h4,6-7,10H,5,8-9H2,1-3H3. The van der Waals surface area contributed by atoms with E-state index in [4.69, 9.17) is 15.3 Å². The van der Waals surface area contributed by atoms with Gasteiger partial charge in [-0.3, -0.25) is 4.90 Å². The first-order valence-electron chi connectivity index (χ1n) is 7.50. The Bertz CT molecular complexity index is 714. The minimum Gasteiger partial charge on any atom is -0.443 e. The molecular formula is C18H19N3O2. The molecule has 0 atom stereocenters. The Morgan fingerprint density at radius 3 is 2.61 bits per heavy atom. The second-order valence-corrected chi connectivity index (χ2v) is 6.37. The molecule has 0 saturated heterocycles. The number of hydrogen-bond acceptors (Lipinski definition) is 4. The average Bonchev–Trinajstić information content (AvgIpc) is 2.50. The van der Waals surface area contributed by atoms with Crippen molar-refractivity contribution in [2.45, 2.75) is 39.2 Å². The van der Waals surface area contributed by atoms with Crippen LogP contribution >= 0.6 is 0 Å². The summed E-state index contributed by atoms with van der Waals surface area (Å²) in [5.74, 6) is 0. The molecule has 0 fully saturated rings. The highest BCUT2D eigenvalue weighted by Crippen LogP contribution is 2.33. The number of benzene rings is 1. The number of ether oxygens (including phenoxy) is 1. The molecule has 1 aliphatic rings. The van der Waals surface area contributed by atoms with Gasteiger partial charge in [-0.1, -0.05) is 18.2 Å². The van der Waals surface area contributed by atoms with Crippen molar-refractivity contribution in [3.05, 3.63) is 34.9 Å². The molecule has 5 nitrogen and oxygen atoms in total. The summed E-state index contributed by atoms with van der Waals surface area (Å²) in [6.45, 7) is 6.03. The van der Waals surface area contributed by atoms with E-state index in [-0.39, 0.29) is 5.57 Å². The fourth-order valence-electron chi connectivity index (χ4n) is 2.54. The lowest BCUT2D eigenvalue weighted by Gasteiger charge is -2.32. The maximum absolute atomic E-state index is 12.5. The van der Waals surface area contributed by atoms with E-state index in [1.54, 1.807) is 11.0 Å². The van der Waals surface area contributed by atoms with Crippen molar-refractivity contribution in [1.82, 2.24) is 0 Å². The number of anilines is 1. The van der Waals surface area contributed by atoms with Gasteiger partial charge in [0.15, 0.2) is 0 Å². The van der Waals surface area contributed by atoms with Crippen LogP contribution in [0.1, 0.15) is 38.3 Å². The molecule has 1 aromatic carbocycles. The lowest BCUT2D eigenvalue weighted by atomic mass is 9.97. The third-order valence-electron chi connectivity index (χ3n) is 3.40. The lowest BCUT2D eigenvalue weighted by molar-refractivity contribution is 0.0577. The lowest BCUT2D eigenvalue weighted by Crippen LogP contribution is -2.40. The molecular weight excluding hydrogens is 290 g/mol. The van der Waals surface area contributed by atoms with Crippen LogP contribution in [0.2, 0.25) is 0 Å². The van der Waals surface area contributed by atoms with Gasteiger partial charge in [0.2, 0.25) is 0 Å². The van der Waals surface area contributed by atoms with Crippen molar-refractivity contribution in [2.75, 3.05) is 11.4 Å². The van der Waals surface area contributed by atoms with Crippen LogP contribution in [-0.4, -0.2) is 18.2 Å². The minimum atomic E-state index is -0.579. The highest BCUT2D eigenvalue weighted by molar-refractivity contribution is 5.93. The van der Waals surface area contributed by atoms with Gasteiger partial charge < -0.3 is 4.74 Å². The summed E-state index contributed by atoms with van der Waals surface area (Å²) in [5, 5.41) is 17.9. The number of allylic oxidation sites excluding steroid dienone is 1. The first-order chi connectivity index (χ1) is 10.9. The smallest absolute Gasteiger partial charge is 0.414 e. The van der Waals surface area contributed by atoms with E-state index in [0.29, 0.717) is 12.1 Å². The Balaban J connectivity index is 2.48. The second-order valence-electron chi connectivity index (χ2n) is 6.37. The van der Waals surface area contributed by atoms with Gasteiger partial charge in [0.1, 0.15) is 23.3 Å². The van der Waals surface area contributed by atoms with Crippen LogP contribution in [0, 0.1) is 22.7 Å². The van der Waals surface area contributed by atoms with Crippen LogP contribution in [0.4, 0.5) is 10.5 Å². The van der Waals surface area contributed by atoms with Gasteiger partial charge in [0.05, 0.1) is 5.69 Å². The summed E-state index contributed by atoms with van der Waals surface area (Å²) in [7, 11) is 0. The van der Waals surface area contributed by atoms with E-state index in [9.17, 15) is 4.79 Å². The van der Waals surface area contributed by atoms with Gasteiger partial charge in [0.25, 0.3) is 0 Å². The molecule has 23 heavy (non-hydrogen) atoms. The molecule has 1 aliphatic heterocycles. The van der Waals surface area contributed by atoms with E-state index in [2.05, 4.69) is 0 Å². The Labute approximate surface area is 136 Å². The number of nitriles is 2. The molecule has 1 aromatic rings. The van der Waals surface area contributed by atoms with Gasteiger partial charge >= 0.3 is 6.09 Å². The Morgan fingerprint density at radius 2 is 2.00 bits per heavy atom. The van der Waals surface area contributed by atoms with E-state index in [1.807, 2.05) is 45.0 Å². The molecule has 0 N–H and O–H groups in total. The van der Waals surface area contributed by atoms with Gasteiger partial charge in [-0.05, 0) is 45.3 Å². The molecule has 0 unspecified atom stereocenters. The monoisotopic (exact) mass is 309 g/mol. The van der Waals surface area contributed by atoms with Crippen LogP contribution in [-0.2, 0) is 11.2 Å². The third kappa shape index (κ3) is 3.90. The number of nitrogens with zero attached hydrogens (tertiary/aromatic N) is 3. The summed E-state index contributed by atoms with van der Waals surface area (Å²) >= 11 is 0. The van der Waals surface area contributed by atoms with Gasteiger partial charge in [-0.2, -0.15) is 10.5 Å². The maximum atomic E-state index is 12.5. The van der Waals surface area contributed by atoms with Crippen molar-refractivity contribution in [1.29, 1.82) is 10.5 Å². The zero-order valence-corrected chi connectivity index (χ0v) is 13.6. The van der Waals surface area contributed by atoms with Crippen LogP contribution in [0.3, 0.4) is 0 Å². The van der Waals surface area contributed by atoms with Crippen LogP contribution in [0.15, 0.2) is 23.8 Å². The average molecular weight is 309 g/mol. The molecule has 1 heterocycles. The van der Waals surface area contributed by atoms with E-state index < -0.39 is 11.7 Å². The molecule has 2 rings (SSSR count). The maximum Gasteiger partial charge on any atom is 0.414 e. The number of amides is 1. The molecule has 0 spiro atoms. The van der Waals surface area contributed by atoms with Gasteiger partial charge in [-0.15, -0.1) is 0 Å². The molecule has 1 amide bonds. The predicted molar refractivity (Wildman–Crippen MR) is 87.5 cm³/mol. The number of hydrogen-bond donors (Lipinski definition) is 0. The topological polar surface area (TPSA) is 77.1 Å². The molecule has 0 aromatic heterocycles. The molecule has 0 saturated carbocycles. The number of para-hydroxylation sites is 1. The van der Waals surface area contributed by atoms with Crippen LogP contribution in [0.5, 0.6) is 0 Å². The largest absolute Gasteiger partial charge is 0.443 e. The fourth-order valence-corrected chi connectivity index (χ4v) is 2.54. The minimum absolute atomic E-state index is 0.00751. The number of carbonyl (C=O) groups excluding carboxylic acids is 1. The van der Waals surface area contributed by atoms with E-state index >= 15 is 0 Å². The number of fused-ring (bicyclic) bond motifs is 1. The first kappa shape index (κ1) is 16.6. The van der Waals surface area contributed by atoms with Crippen molar-refractivity contribution < 1.29 is 9.53 Å². The van der Waals surface area contributed by atoms with Crippen molar-refractivity contribution in [3.8, 4) is 12.1 Å². The second kappa shape index (κ2) is 6.54. The molecule has 0 aliphatic carbocycles. The quantitative estimate of drug-likeness (QED) is 0.739. The summed E-state index contributed by atoms with van der Waals surface area (Å²) in [5.41, 5.74) is 1.87. The zero-order valence-electron chi connectivity index (χ0n) is 13.6. The summed E-state index contributed by atoms with van der Waals surface area (Å²) < 4.78 is 5.48. The summed E-state index contributed by atoms with van der Waals surface area (Å²) in [4.78, 5) is 14.1. The molecule has 118 valence electrons. The highest BCUT2D eigenvalue weighted by Gasteiger charge is 2.28. The first-order valence-corrected chi connectivity index (χ1v) is 7.50. The predicted octanol–water partition coefficient (Wildman–Crippen LogP) is 3.80. The highest BCUT2D eigenvalue weighted by atomic mass is 16.6. The van der Waals surface area contributed by atoms with Crippen LogP contribution in [0.25, 0.3) is 6.08 Å². The SMILES string of the molecule is CC(C)(C)OC(=O)N1CCCc2cccc(C=C(C#N)C#N)c21. The molecule has 0 radical (unpaired) electrons. The Hall–Kier alpha value is -2.79. The summed E-state index contributed by atoms with van der Waals surface area (Å²) in [6.07, 6.45) is 2.81. The third-order valence-corrected chi connectivity index (χ3v) is 3.40. The van der Waals surface area contributed by atoms with Crippen molar-refractivity contribution in [2.24, 2.45) is 0 Å². The van der Waals surface area contributed by atoms with Gasteiger partial charge in [0, 0.05) is 12.1 Å². The zero-order chi connectivity index (χ0) is 17.0. The van der Waals surface area contributed by atoms with Crippen LogP contribution < -0.4 is 4.90 Å². The molecule has 0 bridgehead atoms. The summed E-state index contributed by atoms with van der Waals surface area (Å²) in [6, 6.07) is 9.34. The number of rotatable bonds is 1. The fraction of sp³-hybridized carbons (Fsp3) is 0.389.